The van der Waals surface area contributed by atoms with E-state index < -0.39 is 0 Å². The lowest BCUT2D eigenvalue weighted by atomic mass is 10.1. The van der Waals surface area contributed by atoms with Crippen molar-refractivity contribution in [2.24, 2.45) is 0 Å². The molecule has 0 spiro atoms. The van der Waals surface area contributed by atoms with E-state index in [1.54, 1.807) is 0 Å². The number of hydrogen-bond donors (Lipinski definition) is 0. The summed E-state index contributed by atoms with van der Waals surface area (Å²) in [6.45, 7) is 8.23. The van der Waals surface area contributed by atoms with E-state index in [2.05, 4.69) is 6.92 Å². The number of ether oxygens (including phenoxy) is 5. The molecule has 19 heavy (non-hydrogen) atoms. The molecule has 0 atom stereocenters. The summed E-state index contributed by atoms with van der Waals surface area (Å²) < 4.78 is 26.4. The van der Waals surface area contributed by atoms with Gasteiger partial charge in [-0.15, -0.1) is 0 Å². The van der Waals surface area contributed by atoms with E-state index in [1.165, 1.54) is 0 Å². The van der Waals surface area contributed by atoms with Gasteiger partial charge in [-0.05, 0) is 6.42 Å². The summed E-state index contributed by atoms with van der Waals surface area (Å²) in [7, 11) is 5.28. The van der Waals surface area contributed by atoms with Gasteiger partial charge in [0.25, 0.3) is 0 Å². The second-order valence-corrected chi connectivity index (χ2v) is 3.85. The Labute approximate surface area is 118 Å². The van der Waals surface area contributed by atoms with Crippen molar-refractivity contribution in [2.45, 2.75) is 19.7 Å². The van der Waals surface area contributed by atoms with Crippen LogP contribution in [0, 0.1) is 0 Å². The van der Waals surface area contributed by atoms with Crippen LogP contribution < -0.4 is 0 Å². The van der Waals surface area contributed by atoms with Gasteiger partial charge in [-0.1, -0.05) is 13.2 Å². The van der Waals surface area contributed by atoms with Crippen LogP contribution in [0.5, 0.6) is 0 Å². The molecule has 0 N–H and O–H groups in total. The van der Waals surface area contributed by atoms with Gasteiger partial charge in [0.05, 0.1) is 60.7 Å². The van der Waals surface area contributed by atoms with Crippen molar-refractivity contribution in [3.63, 3.8) is 0 Å². The van der Waals surface area contributed by atoms with Gasteiger partial charge in [-0.2, -0.15) is 0 Å². The summed E-state index contributed by atoms with van der Waals surface area (Å²) >= 11 is 0. The van der Waals surface area contributed by atoms with Crippen LogP contribution in [0.15, 0.2) is 0 Å². The Morgan fingerprint density at radius 3 is 1.16 bits per heavy atom. The average molecular weight is 274 g/mol. The molecule has 0 rings (SSSR count). The lowest BCUT2D eigenvalue weighted by molar-refractivity contribution is -0.0101. The Balaban J connectivity index is 2.88. The largest absolute Gasteiger partial charge is 0.380 e. The fourth-order valence-corrected chi connectivity index (χ4v) is 1.21. The van der Waals surface area contributed by atoms with Gasteiger partial charge in [0.2, 0.25) is 0 Å². The van der Waals surface area contributed by atoms with Crippen LogP contribution >= 0.6 is 0 Å². The summed E-state index contributed by atoms with van der Waals surface area (Å²) in [4.78, 5) is 0. The molecule has 0 heterocycles. The van der Waals surface area contributed by atoms with Crippen LogP contribution in [0.4, 0.5) is 0 Å². The molecule has 6 heteroatoms. The Morgan fingerprint density at radius 1 is 0.526 bits per heavy atom. The Kier molecular flexibility index (Phi) is 17.7. The minimum Gasteiger partial charge on any atom is -0.380 e. The standard InChI is InChI=1S/C13H27BO5/c1-2-4-15-6-8-17-10-12-19-13-11-18-9-7-16-5-3-14/h2-13H2,1H3. The van der Waals surface area contributed by atoms with Gasteiger partial charge < -0.3 is 23.7 Å². The number of hydrogen-bond acceptors (Lipinski definition) is 5. The lowest BCUT2D eigenvalue weighted by Gasteiger charge is -2.07. The SMILES string of the molecule is [B]CCOCCOCCOCCOCCOCCC. The minimum atomic E-state index is 0.548. The fraction of sp³-hybridized carbons (Fsp3) is 1.00. The molecule has 0 aromatic heterocycles. The zero-order chi connectivity index (χ0) is 14.0. The minimum absolute atomic E-state index is 0.548. The Bertz CT molecular complexity index is 144. The van der Waals surface area contributed by atoms with Crippen LogP contribution in [0.3, 0.4) is 0 Å². The highest BCUT2D eigenvalue weighted by molar-refractivity contribution is 6.08. The summed E-state index contributed by atoms with van der Waals surface area (Å²) in [6, 6.07) is 0. The molecule has 0 amide bonds. The molecule has 0 fully saturated rings. The highest BCUT2D eigenvalue weighted by Crippen LogP contribution is 1.85. The average Bonchev–Trinajstić information content (AvgIpc) is 2.43. The lowest BCUT2D eigenvalue weighted by Crippen LogP contribution is -2.13. The summed E-state index contributed by atoms with van der Waals surface area (Å²) in [5.74, 6) is 0. The predicted molar refractivity (Wildman–Crippen MR) is 74.9 cm³/mol. The van der Waals surface area contributed by atoms with Crippen molar-refractivity contribution in [3.05, 3.63) is 0 Å². The molecule has 112 valence electrons. The van der Waals surface area contributed by atoms with Crippen LogP contribution in [0.25, 0.3) is 0 Å². The van der Waals surface area contributed by atoms with E-state index in [1.807, 2.05) is 0 Å². The van der Waals surface area contributed by atoms with Crippen molar-refractivity contribution in [1.29, 1.82) is 0 Å². The molecule has 0 unspecified atom stereocenters. The third-order valence-corrected chi connectivity index (χ3v) is 2.10. The molecule has 0 bridgehead atoms. The van der Waals surface area contributed by atoms with E-state index in [-0.39, 0.29) is 0 Å². The maximum Gasteiger partial charge on any atom is 0.0701 e. The third-order valence-electron chi connectivity index (χ3n) is 2.10. The van der Waals surface area contributed by atoms with E-state index >= 15 is 0 Å². The van der Waals surface area contributed by atoms with Crippen molar-refractivity contribution in [3.8, 4) is 0 Å². The van der Waals surface area contributed by atoms with Crippen molar-refractivity contribution in [1.82, 2.24) is 0 Å². The molecule has 5 nitrogen and oxygen atoms in total. The molecular formula is C13H27BO5. The fourth-order valence-electron chi connectivity index (χ4n) is 1.21. The molecule has 0 aromatic rings. The Morgan fingerprint density at radius 2 is 0.842 bits per heavy atom. The third kappa shape index (κ3) is 17.9. The van der Waals surface area contributed by atoms with Gasteiger partial charge >= 0.3 is 0 Å². The normalized spacial score (nSPS) is 11.0. The second-order valence-electron chi connectivity index (χ2n) is 3.85. The van der Waals surface area contributed by atoms with Crippen molar-refractivity contribution in [2.75, 3.05) is 66.1 Å². The predicted octanol–water partition coefficient (Wildman–Crippen LogP) is 1.07. The molecule has 0 aliphatic carbocycles. The van der Waals surface area contributed by atoms with Crippen LogP contribution in [-0.2, 0) is 23.7 Å². The first-order chi connectivity index (χ1) is 9.41. The topological polar surface area (TPSA) is 46.2 Å². The summed E-state index contributed by atoms with van der Waals surface area (Å²) in [5.41, 5.74) is 0. The molecular weight excluding hydrogens is 247 g/mol. The molecule has 2 radical (unpaired) electrons. The monoisotopic (exact) mass is 274 g/mol. The first-order valence-electron chi connectivity index (χ1n) is 7.00. The molecule has 0 aromatic carbocycles. The maximum atomic E-state index is 5.34. The quantitative estimate of drug-likeness (QED) is 0.311. The summed E-state index contributed by atoms with van der Waals surface area (Å²) in [6.07, 6.45) is 1.59. The van der Waals surface area contributed by atoms with E-state index in [0.717, 1.165) is 13.0 Å². The van der Waals surface area contributed by atoms with Crippen LogP contribution in [-0.4, -0.2) is 73.9 Å². The van der Waals surface area contributed by atoms with Gasteiger partial charge in [-0.3, -0.25) is 0 Å². The first kappa shape index (κ1) is 18.9. The molecule has 0 saturated heterocycles. The summed E-state index contributed by atoms with van der Waals surface area (Å²) in [5, 5.41) is 0. The van der Waals surface area contributed by atoms with E-state index in [4.69, 9.17) is 31.5 Å². The second kappa shape index (κ2) is 17.9. The van der Waals surface area contributed by atoms with E-state index in [9.17, 15) is 0 Å². The molecule has 0 aliphatic rings. The molecule has 0 aliphatic heterocycles. The highest BCUT2D eigenvalue weighted by atomic mass is 16.6. The maximum absolute atomic E-state index is 5.34. The van der Waals surface area contributed by atoms with Crippen LogP contribution in [0.2, 0.25) is 6.32 Å². The first-order valence-corrected chi connectivity index (χ1v) is 7.00. The smallest absolute Gasteiger partial charge is 0.0701 e. The Hall–Kier alpha value is -0.135. The van der Waals surface area contributed by atoms with Crippen molar-refractivity contribution >= 4 is 7.85 Å². The van der Waals surface area contributed by atoms with Gasteiger partial charge in [0.15, 0.2) is 0 Å². The number of rotatable bonds is 16. The zero-order valence-corrected chi connectivity index (χ0v) is 12.1. The van der Waals surface area contributed by atoms with E-state index in [0.29, 0.717) is 65.8 Å². The van der Waals surface area contributed by atoms with Gasteiger partial charge in [0, 0.05) is 13.2 Å². The van der Waals surface area contributed by atoms with Gasteiger partial charge in [0.1, 0.15) is 0 Å². The molecule has 0 saturated carbocycles. The highest BCUT2D eigenvalue weighted by Gasteiger charge is 1.92. The van der Waals surface area contributed by atoms with Gasteiger partial charge in [-0.25, -0.2) is 0 Å². The zero-order valence-electron chi connectivity index (χ0n) is 12.1. The van der Waals surface area contributed by atoms with Crippen LogP contribution in [0.1, 0.15) is 13.3 Å². The van der Waals surface area contributed by atoms with Crippen molar-refractivity contribution < 1.29 is 23.7 Å².